The predicted molar refractivity (Wildman–Crippen MR) is 145 cm³/mol. The van der Waals surface area contributed by atoms with Gasteiger partial charge in [0.15, 0.2) is 17.3 Å². The topological polar surface area (TPSA) is 142 Å². The van der Waals surface area contributed by atoms with Crippen molar-refractivity contribution in [3.8, 4) is 22.8 Å². The molecule has 1 unspecified atom stereocenters. The van der Waals surface area contributed by atoms with Gasteiger partial charge in [0.1, 0.15) is 28.9 Å². The van der Waals surface area contributed by atoms with E-state index in [9.17, 15) is 9.59 Å². The van der Waals surface area contributed by atoms with Gasteiger partial charge in [0.2, 0.25) is 5.89 Å². The van der Waals surface area contributed by atoms with Gasteiger partial charge in [-0.2, -0.15) is 0 Å². The Labute approximate surface area is 226 Å². The molecule has 1 aliphatic heterocycles. The van der Waals surface area contributed by atoms with Gasteiger partial charge < -0.3 is 24.2 Å². The molecule has 2 N–H and O–H groups in total. The van der Waals surface area contributed by atoms with Crippen molar-refractivity contribution in [2.45, 2.75) is 71.4 Å². The molecule has 11 heteroatoms. The van der Waals surface area contributed by atoms with Crippen LogP contribution in [0.15, 0.2) is 41.4 Å². The van der Waals surface area contributed by atoms with E-state index >= 15 is 0 Å². The first-order valence-electron chi connectivity index (χ1n) is 13.0. The second-order valence-corrected chi connectivity index (χ2v) is 11.2. The first-order valence-corrected chi connectivity index (χ1v) is 13.0. The molecule has 0 aliphatic carbocycles. The van der Waals surface area contributed by atoms with E-state index in [1.807, 2.05) is 57.3 Å². The highest BCUT2D eigenvalue weighted by Gasteiger charge is 2.41. The number of oxazole rings is 1. The number of ether oxygens (including phenoxy) is 1. The Bertz CT molecular complexity index is 1540. The first-order chi connectivity index (χ1) is 18.4. The Balaban J connectivity index is 1.45. The number of nitrogens with zero attached hydrogens (tertiary/aromatic N) is 6. The van der Waals surface area contributed by atoms with Gasteiger partial charge in [-0.3, -0.25) is 4.79 Å². The maximum atomic E-state index is 13.5. The molecule has 4 aromatic rings. The molecule has 11 nitrogen and oxygen atoms in total. The van der Waals surface area contributed by atoms with Crippen LogP contribution >= 0.6 is 0 Å². The zero-order valence-corrected chi connectivity index (χ0v) is 22.9. The second-order valence-electron chi connectivity index (χ2n) is 11.2. The van der Waals surface area contributed by atoms with Gasteiger partial charge in [0.05, 0.1) is 6.20 Å². The fourth-order valence-electron chi connectivity index (χ4n) is 5.00. The summed E-state index contributed by atoms with van der Waals surface area (Å²) in [5, 5.41) is 0. The smallest absolute Gasteiger partial charge is 0.410 e. The number of likely N-dealkylation sites (tertiary alicyclic amines) is 1. The fraction of sp³-hybridized carbons (Fsp3) is 0.429. The lowest BCUT2D eigenvalue weighted by atomic mass is 9.91. The molecule has 1 atom stereocenters. The number of hydrogen-bond acceptors (Lipinski definition) is 9. The molecule has 1 amide bonds. The third-order valence-electron chi connectivity index (χ3n) is 7.04. The minimum Gasteiger partial charge on any atom is -0.444 e. The van der Waals surface area contributed by atoms with Crippen LogP contribution in [-0.2, 0) is 4.74 Å². The monoisotopic (exact) mass is 531 g/mol. The Morgan fingerprint density at radius 3 is 2.69 bits per heavy atom. The number of fused-ring (bicyclic) bond motifs is 1. The number of carbonyl (C=O) groups excluding carboxylic acids is 2. The number of anilines is 1. The molecular formula is C28H33N7O4. The summed E-state index contributed by atoms with van der Waals surface area (Å²) in [5.74, 6) is -0.00751. The maximum absolute atomic E-state index is 13.5. The summed E-state index contributed by atoms with van der Waals surface area (Å²) < 4.78 is 13.1. The summed E-state index contributed by atoms with van der Waals surface area (Å²) in [6, 6.07) is 3.73. The van der Waals surface area contributed by atoms with E-state index in [0.29, 0.717) is 29.9 Å². The number of nitrogens with two attached hydrogens (primary N) is 1. The Morgan fingerprint density at radius 2 is 1.97 bits per heavy atom. The highest BCUT2D eigenvalue weighted by molar-refractivity contribution is 5.99. The molecule has 4 aromatic heterocycles. The fourth-order valence-corrected chi connectivity index (χ4v) is 5.00. The summed E-state index contributed by atoms with van der Waals surface area (Å²) in [6.07, 6.45) is 8.47. The molecular weight excluding hydrogens is 498 g/mol. The summed E-state index contributed by atoms with van der Waals surface area (Å²) in [5.41, 5.74) is 8.44. The molecule has 0 radical (unpaired) electrons. The number of aromatic nitrogens is 5. The van der Waals surface area contributed by atoms with Crippen molar-refractivity contribution in [3.63, 3.8) is 0 Å². The van der Waals surface area contributed by atoms with Gasteiger partial charge >= 0.3 is 6.09 Å². The summed E-state index contributed by atoms with van der Waals surface area (Å²) in [6.45, 7) is 10.1. The van der Waals surface area contributed by atoms with E-state index < -0.39 is 11.1 Å². The molecule has 1 saturated heterocycles. The van der Waals surface area contributed by atoms with Crippen molar-refractivity contribution in [1.29, 1.82) is 0 Å². The van der Waals surface area contributed by atoms with Crippen molar-refractivity contribution in [3.05, 3.63) is 48.4 Å². The van der Waals surface area contributed by atoms with Gasteiger partial charge in [-0.1, -0.05) is 0 Å². The number of rotatable bonds is 6. The van der Waals surface area contributed by atoms with Crippen LogP contribution in [0, 0.1) is 6.92 Å². The molecule has 204 valence electrons. The molecule has 0 spiro atoms. The lowest BCUT2D eigenvalue weighted by Gasteiger charge is -2.36. The van der Waals surface area contributed by atoms with Crippen LogP contribution in [-0.4, -0.2) is 58.8 Å². The highest BCUT2D eigenvalue weighted by atomic mass is 16.6. The number of Topliss-reactive ketones (excluding diaryl/α,β-unsaturated/α-hetero) is 1. The number of hydrogen-bond donors (Lipinski definition) is 1. The molecule has 5 rings (SSSR count). The van der Waals surface area contributed by atoms with E-state index in [4.69, 9.17) is 19.9 Å². The molecule has 5 heterocycles. The highest BCUT2D eigenvalue weighted by Crippen LogP contribution is 2.36. The minimum absolute atomic E-state index is 0.00240. The van der Waals surface area contributed by atoms with Crippen LogP contribution in [0.3, 0.4) is 0 Å². The summed E-state index contributed by atoms with van der Waals surface area (Å²) >= 11 is 0. The van der Waals surface area contributed by atoms with E-state index in [-0.39, 0.29) is 35.7 Å². The Kier molecular flexibility index (Phi) is 6.61. The summed E-state index contributed by atoms with van der Waals surface area (Å²) in [4.78, 5) is 45.9. The van der Waals surface area contributed by atoms with Gasteiger partial charge in [-0.05, 0) is 66.0 Å². The number of aryl methyl sites for hydroxylation is 1. The maximum Gasteiger partial charge on any atom is 0.410 e. The molecule has 1 fully saturated rings. The largest absolute Gasteiger partial charge is 0.444 e. The van der Waals surface area contributed by atoms with Crippen molar-refractivity contribution in [2.75, 3.05) is 12.3 Å². The average Bonchev–Trinajstić information content (AvgIpc) is 3.62. The zero-order chi connectivity index (χ0) is 27.9. The van der Waals surface area contributed by atoms with Crippen molar-refractivity contribution in [1.82, 2.24) is 29.2 Å². The van der Waals surface area contributed by atoms with Crippen LogP contribution in [0.25, 0.3) is 28.5 Å². The minimum atomic E-state index is -0.598. The van der Waals surface area contributed by atoms with Crippen LogP contribution in [0.5, 0.6) is 0 Å². The number of imidazole rings is 1. The van der Waals surface area contributed by atoms with E-state index in [1.54, 1.807) is 11.1 Å². The average molecular weight is 532 g/mol. The van der Waals surface area contributed by atoms with Crippen LogP contribution in [0.4, 0.5) is 10.6 Å². The lowest BCUT2D eigenvalue weighted by molar-refractivity contribution is 0.00902. The van der Waals surface area contributed by atoms with E-state index in [2.05, 4.69) is 15.0 Å². The number of nitrogen functional groups attached to an aromatic ring is 1. The lowest BCUT2D eigenvalue weighted by Crippen LogP contribution is -2.47. The molecule has 1 aliphatic rings. The van der Waals surface area contributed by atoms with Crippen LogP contribution < -0.4 is 5.73 Å². The Hall–Kier alpha value is -4.28. The third-order valence-corrected chi connectivity index (χ3v) is 7.04. The molecule has 0 bridgehead atoms. The quantitative estimate of drug-likeness (QED) is 0.337. The predicted octanol–water partition coefficient (Wildman–Crippen LogP) is 5.09. The standard InChI is InChI=1S/C28H33N7O4/c1-17-15-31-20-8-7-18(16-34(17)20)21-23(25-30-12-14-38-25)33-24(29)22(32-21)19(36)9-11-28(5)10-6-13-35(28)26(37)39-27(2,3)4/h7-8,12,14-16H,6,9-11,13H2,1-5H3,(H2,29,33). The summed E-state index contributed by atoms with van der Waals surface area (Å²) in [7, 11) is 0. The van der Waals surface area contributed by atoms with Crippen molar-refractivity contribution >= 4 is 23.3 Å². The van der Waals surface area contributed by atoms with Crippen molar-refractivity contribution < 1.29 is 18.7 Å². The van der Waals surface area contributed by atoms with Gasteiger partial charge in [-0.25, -0.2) is 24.7 Å². The molecule has 39 heavy (non-hydrogen) atoms. The molecule has 0 aromatic carbocycles. The third kappa shape index (κ3) is 5.21. The second kappa shape index (κ2) is 9.79. The normalized spacial score (nSPS) is 17.6. The number of amides is 1. The van der Waals surface area contributed by atoms with E-state index in [0.717, 1.165) is 24.2 Å². The number of ketones is 1. The van der Waals surface area contributed by atoms with Crippen LogP contribution in [0.2, 0.25) is 0 Å². The Morgan fingerprint density at radius 1 is 1.18 bits per heavy atom. The van der Waals surface area contributed by atoms with Gasteiger partial charge in [0, 0.05) is 42.2 Å². The van der Waals surface area contributed by atoms with Gasteiger partial charge in [0.25, 0.3) is 0 Å². The van der Waals surface area contributed by atoms with Crippen LogP contribution in [0.1, 0.15) is 69.6 Å². The van der Waals surface area contributed by atoms with Crippen molar-refractivity contribution in [2.24, 2.45) is 0 Å². The first kappa shape index (κ1) is 26.3. The molecule has 0 saturated carbocycles. The zero-order valence-electron chi connectivity index (χ0n) is 22.9. The van der Waals surface area contributed by atoms with E-state index in [1.165, 1.54) is 12.5 Å². The SMILES string of the molecule is Cc1cnc2ccc(-c3nc(C(=O)CCC4(C)CCCN4C(=O)OC(C)(C)C)c(N)nc3-c3ncco3)cn12. The van der Waals surface area contributed by atoms with Gasteiger partial charge in [-0.15, -0.1) is 0 Å². The number of pyridine rings is 1. The number of carbonyl (C=O) groups is 2.